The number of aryl methyl sites for hydroxylation is 4. The molecule has 0 atom stereocenters. The van der Waals surface area contributed by atoms with E-state index in [4.69, 9.17) is 16.3 Å². The Kier molecular flexibility index (Phi) is 4.71. The maximum absolute atomic E-state index is 6.22. The second-order valence-electron chi connectivity index (χ2n) is 5.26. The minimum atomic E-state index is 0.660. The molecule has 20 heavy (non-hydrogen) atoms. The molecule has 0 aliphatic carbocycles. The molecule has 1 aromatic heterocycles. The maximum Gasteiger partial charge on any atom is 0.140 e. The minimum Gasteiger partial charge on any atom is -0.492 e. The number of rotatable bonds is 5. The van der Waals surface area contributed by atoms with Gasteiger partial charge in [-0.05, 0) is 63.3 Å². The van der Waals surface area contributed by atoms with E-state index in [2.05, 4.69) is 23.2 Å². The van der Waals surface area contributed by atoms with Crippen molar-refractivity contribution in [3.05, 3.63) is 45.2 Å². The monoisotopic (exact) mass is 292 g/mol. The minimum absolute atomic E-state index is 0.660. The third-order valence-electron chi connectivity index (χ3n) is 3.47. The Balaban J connectivity index is 1.91. The molecule has 0 saturated carbocycles. The lowest BCUT2D eigenvalue weighted by Crippen LogP contribution is -2.02. The molecule has 0 amide bonds. The molecule has 0 spiro atoms. The van der Waals surface area contributed by atoms with Gasteiger partial charge in [-0.25, -0.2) is 0 Å². The van der Waals surface area contributed by atoms with Crippen molar-refractivity contribution in [1.82, 2.24) is 10.2 Å². The van der Waals surface area contributed by atoms with Crippen LogP contribution in [0.3, 0.4) is 0 Å². The number of H-pyrrole nitrogens is 1. The Bertz CT molecular complexity index is 562. The zero-order valence-electron chi connectivity index (χ0n) is 12.5. The number of hydrogen-bond donors (Lipinski definition) is 1. The van der Waals surface area contributed by atoms with Crippen LogP contribution in [0.25, 0.3) is 0 Å². The quantitative estimate of drug-likeness (QED) is 0.834. The molecular weight excluding hydrogens is 272 g/mol. The third-order valence-corrected chi connectivity index (χ3v) is 3.75. The normalized spacial score (nSPS) is 10.8. The fourth-order valence-electron chi connectivity index (χ4n) is 2.45. The summed E-state index contributed by atoms with van der Waals surface area (Å²) in [5.41, 5.74) is 5.76. The van der Waals surface area contributed by atoms with E-state index in [1.807, 2.05) is 26.8 Å². The summed E-state index contributed by atoms with van der Waals surface area (Å²) < 4.78 is 5.84. The summed E-state index contributed by atoms with van der Waals surface area (Å²) in [6.07, 6.45) is 1.92. The molecule has 3 nitrogen and oxygen atoms in total. The van der Waals surface area contributed by atoms with Gasteiger partial charge < -0.3 is 4.74 Å². The van der Waals surface area contributed by atoms with E-state index < -0.39 is 0 Å². The molecule has 0 bridgehead atoms. The van der Waals surface area contributed by atoms with Crippen molar-refractivity contribution in [1.29, 1.82) is 0 Å². The number of aromatic nitrogens is 2. The molecule has 0 aliphatic heterocycles. The van der Waals surface area contributed by atoms with Gasteiger partial charge in [0.15, 0.2) is 0 Å². The van der Waals surface area contributed by atoms with Gasteiger partial charge in [-0.2, -0.15) is 5.10 Å². The number of nitrogens with one attached hydrogen (secondary N) is 1. The van der Waals surface area contributed by atoms with Crippen LogP contribution in [0.2, 0.25) is 5.02 Å². The Labute approximate surface area is 125 Å². The SMILES string of the molecule is Cc1cc(C)c(OCCCc2c(C)n[nH]c2C)c(Cl)c1. The Morgan fingerprint density at radius 3 is 2.55 bits per heavy atom. The van der Waals surface area contributed by atoms with Crippen molar-refractivity contribution >= 4 is 11.6 Å². The van der Waals surface area contributed by atoms with Crippen LogP contribution in [0.15, 0.2) is 12.1 Å². The van der Waals surface area contributed by atoms with E-state index in [1.165, 1.54) is 5.56 Å². The zero-order valence-corrected chi connectivity index (χ0v) is 13.3. The first kappa shape index (κ1) is 14.9. The van der Waals surface area contributed by atoms with Crippen LogP contribution in [0.4, 0.5) is 0 Å². The third kappa shape index (κ3) is 3.34. The largest absolute Gasteiger partial charge is 0.492 e. The lowest BCUT2D eigenvalue weighted by Gasteiger charge is -2.12. The number of hydrogen-bond acceptors (Lipinski definition) is 2. The van der Waals surface area contributed by atoms with Crippen molar-refractivity contribution in [2.45, 2.75) is 40.5 Å². The van der Waals surface area contributed by atoms with E-state index >= 15 is 0 Å². The van der Waals surface area contributed by atoms with Crippen LogP contribution < -0.4 is 4.74 Å². The molecule has 1 heterocycles. The van der Waals surface area contributed by atoms with Crippen LogP contribution >= 0.6 is 11.6 Å². The number of nitrogens with zero attached hydrogens (tertiary/aromatic N) is 1. The van der Waals surface area contributed by atoms with Gasteiger partial charge in [0.2, 0.25) is 0 Å². The first-order valence-corrected chi connectivity index (χ1v) is 7.27. The van der Waals surface area contributed by atoms with Crippen molar-refractivity contribution in [3.8, 4) is 5.75 Å². The molecule has 108 valence electrons. The van der Waals surface area contributed by atoms with Gasteiger partial charge in [-0.15, -0.1) is 0 Å². The molecular formula is C16H21ClN2O. The van der Waals surface area contributed by atoms with E-state index in [0.717, 1.165) is 41.1 Å². The predicted octanol–water partition coefficient (Wildman–Crippen LogP) is 4.31. The molecule has 0 radical (unpaired) electrons. The Morgan fingerprint density at radius 1 is 1.20 bits per heavy atom. The summed E-state index contributed by atoms with van der Waals surface area (Å²) in [5, 5.41) is 7.90. The molecule has 4 heteroatoms. The van der Waals surface area contributed by atoms with Crippen LogP contribution in [0.1, 0.15) is 34.5 Å². The first-order valence-electron chi connectivity index (χ1n) is 6.89. The molecule has 0 aliphatic rings. The predicted molar refractivity (Wildman–Crippen MR) is 82.8 cm³/mol. The van der Waals surface area contributed by atoms with E-state index in [9.17, 15) is 0 Å². The van der Waals surface area contributed by atoms with E-state index in [0.29, 0.717) is 11.6 Å². The second-order valence-corrected chi connectivity index (χ2v) is 5.66. The van der Waals surface area contributed by atoms with Gasteiger partial charge in [0.25, 0.3) is 0 Å². The van der Waals surface area contributed by atoms with Crippen molar-refractivity contribution in [2.24, 2.45) is 0 Å². The summed E-state index contributed by atoms with van der Waals surface area (Å²) >= 11 is 6.22. The van der Waals surface area contributed by atoms with Gasteiger partial charge in [-0.1, -0.05) is 17.7 Å². The average Bonchev–Trinajstić information content (AvgIpc) is 2.67. The Morgan fingerprint density at radius 2 is 1.95 bits per heavy atom. The molecule has 0 unspecified atom stereocenters. The zero-order chi connectivity index (χ0) is 14.7. The first-order chi connectivity index (χ1) is 9.49. The lowest BCUT2D eigenvalue weighted by molar-refractivity contribution is 0.309. The van der Waals surface area contributed by atoms with Crippen molar-refractivity contribution in [2.75, 3.05) is 6.61 Å². The fraction of sp³-hybridized carbons (Fsp3) is 0.438. The summed E-state index contributed by atoms with van der Waals surface area (Å²) in [4.78, 5) is 0. The molecule has 2 rings (SSSR count). The number of benzene rings is 1. The standard InChI is InChI=1S/C16H21ClN2O/c1-10-8-11(2)16(15(17)9-10)20-7-5-6-14-12(3)18-19-13(14)4/h8-9H,5-7H2,1-4H3,(H,18,19). The van der Waals surface area contributed by atoms with Crippen LogP contribution in [-0.2, 0) is 6.42 Å². The second kappa shape index (κ2) is 6.31. The smallest absolute Gasteiger partial charge is 0.140 e. The van der Waals surface area contributed by atoms with Crippen LogP contribution in [0, 0.1) is 27.7 Å². The Hall–Kier alpha value is -1.48. The van der Waals surface area contributed by atoms with Gasteiger partial charge in [-0.3, -0.25) is 5.10 Å². The molecule has 2 aromatic rings. The van der Waals surface area contributed by atoms with Crippen molar-refractivity contribution < 1.29 is 4.74 Å². The highest BCUT2D eigenvalue weighted by molar-refractivity contribution is 6.32. The fourth-order valence-corrected chi connectivity index (χ4v) is 2.83. The van der Waals surface area contributed by atoms with Gasteiger partial charge in [0.05, 0.1) is 17.3 Å². The van der Waals surface area contributed by atoms with Gasteiger partial charge in [0, 0.05) is 5.69 Å². The van der Waals surface area contributed by atoms with E-state index in [-0.39, 0.29) is 0 Å². The summed E-state index contributed by atoms with van der Waals surface area (Å²) in [5.74, 6) is 0.804. The lowest BCUT2D eigenvalue weighted by atomic mass is 10.1. The molecule has 1 aromatic carbocycles. The molecule has 1 N–H and O–H groups in total. The summed E-state index contributed by atoms with van der Waals surface area (Å²) in [6, 6.07) is 4.03. The van der Waals surface area contributed by atoms with Gasteiger partial charge in [0.1, 0.15) is 5.75 Å². The highest BCUT2D eigenvalue weighted by Gasteiger charge is 2.08. The average molecular weight is 293 g/mol. The van der Waals surface area contributed by atoms with Gasteiger partial charge >= 0.3 is 0 Å². The topological polar surface area (TPSA) is 37.9 Å². The molecule has 0 fully saturated rings. The number of ether oxygens (including phenoxy) is 1. The van der Waals surface area contributed by atoms with E-state index in [1.54, 1.807) is 0 Å². The van der Waals surface area contributed by atoms with Crippen LogP contribution in [-0.4, -0.2) is 16.8 Å². The number of halogens is 1. The van der Waals surface area contributed by atoms with Crippen molar-refractivity contribution in [3.63, 3.8) is 0 Å². The highest BCUT2D eigenvalue weighted by Crippen LogP contribution is 2.29. The van der Waals surface area contributed by atoms with Crippen LogP contribution in [0.5, 0.6) is 5.75 Å². The highest BCUT2D eigenvalue weighted by atomic mass is 35.5. The molecule has 0 saturated heterocycles. The summed E-state index contributed by atoms with van der Waals surface area (Å²) in [6.45, 7) is 8.80. The maximum atomic E-state index is 6.22. The number of aromatic amines is 1. The summed E-state index contributed by atoms with van der Waals surface area (Å²) in [7, 11) is 0.